The number of carbonyl (C=O) groups is 3. The number of amides is 2. The molecule has 0 unspecified atom stereocenters. The minimum Gasteiger partial charge on any atom is -0.481 e. The zero-order valence-corrected chi connectivity index (χ0v) is 16.9. The van der Waals surface area contributed by atoms with E-state index in [1.807, 2.05) is 42.5 Å². The SMILES string of the molecule is C[C@@H](OC(=O)COc1ccccc1-c1ccccc1)C(=O)NNC(=O)c1ccccc1. The maximum atomic E-state index is 12.1. The smallest absolute Gasteiger partial charge is 0.344 e. The Morgan fingerprint density at radius 3 is 2.13 bits per heavy atom. The van der Waals surface area contributed by atoms with Crippen molar-refractivity contribution in [1.82, 2.24) is 10.9 Å². The molecule has 7 nitrogen and oxygen atoms in total. The maximum absolute atomic E-state index is 12.1. The fourth-order valence-corrected chi connectivity index (χ4v) is 2.75. The van der Waals surface area contributed by atoms with E-state index in [4.69, 9.17) is 9.47 Å². The molecule has 0 aromatic heterocycles. The first-order chi connectivity index (χ1) is 15.0. The van der Waals surface area contributed by atoms with Crippen LogP contribution in [0.2, 0.25) is 0 Å². The van der Waals surface area contributed by atoms with Gasteiger partial charge in [0.2, 0.25) is 0 Å². The van der Waals surface area contributed by atoms with Crippen molar-refractivity contribution in [3.63, 3.8) is 0 Å². The molecule has 0 aliphatic carbocycles. The first kappa shape index (κ1) is 21.6. The van der Waals surface area contributed by atoms with Crippen LogP contribution in [-0.2, 0) is 14.3 Å². The molecule has 158 valence electrons. The van der Waals surface area contributed by atoms with Crippen molar-refractivity contribution in [2.75, 3.05) is 6.61 Å². The van der Waals surface area contributed by atoms with Crippen LogP contribution < -0.4 is 15.6 Å². The molecule has 0 aliphatic rings. The van der Waals surface area contributed by atoms with Gasteiger partial charge in [-0.05, 0) is 30.7 Å². The van der Waals surface area contributed by atoms with E-state index in [-0.39, 0.29) is 6.61 Å². The van der Waals surface area contributed by atoms with Crippen LogP contribution in [0, 0.1) is 0 Å². The van der Waals surface area contributed by atoms with Gasteiger partial charge >= 0.3 is 5.97 Å². The molecular formula is C24H22N2O5. The Hall–Kier alpha value is -4.13. The fourth-order valence-electron chi connectivity index (χ4n) is 2.75. The number of esters is 1. The van der Waals surface area contributed by atoms with E-state index in [0.29, 0.717) is 11.3 Å². The van der Waals surface area contributed by atoms with Gasteiger partial charge in [0.25, 0.3) is 11.8 Å². The third-order valence-electron chi connectivity index (χ3n) is 4.33. The van der Waals surface area contributed by atoms with Crippen LogP contribution in [0.5, 0.6) is 5.75 Å². The fraction of sp³-hybridized carbons (Fsp3) is 0.125. The van der Waals surface area contributed by atoms with Gasteiger partial charge in [-0.15, -0.1) is 0 Å². The topological polar surface area (TPSA) is 93.7 Å². The third-order valence-corrected chi connectivity index (χ3v) is 4.33. The Balaban J connectivity index is 1.49. The number of hydrazine groups is 1. The van der Waals surface area contributed by atoms with E-state index in [0.717, 1.165) is 11.1 Å². The van der Waals surface area contributed by atoms with Crippen LogP contribution in [0.1, 0.15) is 17.3 Å². The highest BCUT2D eigenvalue weighted by Gasteiger charge is 2.19. The molecule has 0 heterocycles. The highest BCUT2D eigenvalue weighted by atomic mass is 16.6. The zero-order chi connectivity index (χ0) is 22.1. The van der Waals surface area contributed by atoms with Gasteiger partial charge in [0.05, 0.1) is 0 Å². The first-order valence-electron chi connectivity index (χ1n) is 9.66. The maximum Gasteiger partial charge on any atom is 0.344 e. The number of hydrogen-bond acceptors (Lipinski definition) is 5. The van der Waals surface area contributed by atoms with Crippen molar-refractivity contribution in [2.24, 2.45) is 0 Å². The number of para-hydroxylation sites is 1. The molecule has 3 aromatic rings. The van der Waals surface area contributed by atoms with Crippen molar-refractivity contribution in [2.45, 2.75) is 13.0 Å². The summed E-state index contributed by atoms with van der Waals surface area (Å²) in [6.45, 7) is 1.04. The molecule has 0 fully saturated rings. The normalized spacial score (nSPS) is 11.1. The molecule has 0 radical (unpaired) electrons. The second-order valence-corrected chi connectivity index (χ2v) is 6.59. The van der Waals surface area contributed by atoms with Gasteiger partial charge in [0, 0.05) is 11.1 Å². The zero-order valence-electron chi connectivity index (χ0n) is 16.9. The molecule has 0 bridgehead atoms. The van der Waals surface area contributed by atoms with Gasteiger partial charge < -0.3 is 9.47 Å². The highest BCUT2D eigenvalue weighted by Crippen LogP contribution is 2.29. The number of hydrogen-bond donors (Lipinski definition) is 2. The number of ether oxygens (including phenoxy) is 2. The van der Waals surface area contributed by atoms with Crippen LogP contribution in [-0.4, -0.2) is 30.5 Å². The summed E-state index contributed by atoms with van der Waals surface area (Å²) < 4.78 is 10.7. The molecule has 2 amide bonds. The molecule has 0 spiro atoms. The van der Waals surface area contributed by atoms with Gasteiger partial charge in [0.15, 0.2) is 12.7 Å². The number of carbonyl (C=O) groups excluding carboxylic acids is 3. The Bertz CT molecular complexity index is 1040. The second kappa shape index (κ2) is 10.6. The lowest BCUT2D eigenvalue weighted by Crippen LogP contribution is -2.47. The standard InChI is InChI=1S/C24H22N2O5/c1-17(23(28)25-26-24(29)19-12-6-3-7-13-19)31-22(27)16-30-21-15-9-8-14-20(21)18-10-4-2-5-11-18/h2-15,17H,16H2,1H3,(H,25,28)(H,26,29)/t17-/m1/s1. The number of rotatable bonds is 7. The van der Waals surface area contributed by atoms with Crippen molar-refractivity contribution < 1.29 is 23.9 Å². The molecule has 0 aliphatic heterocycles. The van der Waals surface area contributed by atoms with Crippen LogP contribution >= 0.6 is 0 Å². The summed E-state index contributed by atoms with van der Waals surface area (Å²) in [6, 6.07) is 25.4. The first-order valence-corrected chi connectivity index (χ1v) is 9.66. The van der Waals surface area contributed by atoms with E-state index in [2.05, 4.69) is 10.9 Å². The Kier molecular flexibility index (Phi) is 7.37. The molecule has 0 saturated carbocycles. The molecule has 3 aromatic carbocycles. The predicted molar refractivity (Wildman–Crippen MR) is 115 cm³/mol. The van der Waals surface area contributed by atoms with E-state index in [1.54, 1.807) is 42.5 Å². The minimum atomic E-state index is -1.11. The van der Waals surface area contributed by atoms with Crippen LogP contribution in [0.25, 0.3) is 11.1 Å². The predicted octanol–water partition coefficient (Wildman–Crippen LogP) is 3.13. The van der Waals surface area contributed by atoms with E-state index >= 15 is 0 Å². The Morgan fingerprint density at radius 1 is 0.806 bits per heavy atom. The largest absolute Gasteiger partial charge is 0.481 e. The van der Waals surface area contributed by atoms with Crippen molar-refractivity contribution in [1.29, 1.82) is 0 Å². The summed E-state index contributed by atoms with van der Waals surface area (Å²) in [7, 11) is 0. The molecule has 2 N–H and O–H groups in total. The van der Waals surface area contributed by atoms with Crippen molar-refractivity contribution in [3.05, 3.63) is 90.5 Å². The summed E-state index contributed by atoms with van der Waals surface area (Å²) in [5.74, 6) is -1.33. The average Bonchev–Trinajstić information content (AvgIpc) is 2.82. The van der Waals surface area contributed by atoms with Crippen LogP contribution in [0.15, 0.2) is 84.9 Å². The number of nitrogens with one attached hydrogen (secondary N) is 2. The Labute approximate surface area is 180 Å². The van der Waals surface area contributed by atoms with Gasteiger partial charge in [-0.2, -0.15) is 0 Å². The van der Waals surface area contributed by atoms with E-state index in [9.17, 15) is 14.4 Å². The summed E-state index contributed by atoms with van der Waals surface area (Å²) in [5, 5.41) is 0. The average molecular weight is 418 g/mol. The lowest BCUT2D eigenvalue weighted by Gasteiger charge is -2.15. The molecular weight excluding hydrogens is 396 g/mol. The molecule has 31 heavy (non-hydrogen) atoms. The van der Waals surface area contributed by atoms with Crippen molar-refractivity contribution in [3.8, 4) is 16.9 Å². The van der Waals surface area contributed by atoms with Gasteiger partial charge in [0.1, 0.15) is 5.75 Å². The van der Waals surface area contributed by atoms with Gasteiger partial charge in [-0.25, -0.2) is 4.79 Å². The monoisotopic (exact) mass is 418 g/mol. The minimum absolute atomic E-state index is 0.363. The summed E-state index contributed by atoms with van der Waals surface area (Å²) in [4.78, 5) is 36.2. The lowest BCUT2D eigenvalue weighted by atomic mass is 10.1. The molecule has 3 rings (SSSR count). The Morgan fingerprint density at radius 2 is 1.42 bits per heavy atom. The molecule has 1 atom stereocenters. The van der Waals surface area contributed by atoms with Crippen molar-refractivity contribution >= 4 is 17.8 Å². The van der Waals surface area contributed by atoms with Crippen LogP contribution in [0.4, 0.5) is 0 Å². The summed E-state index contributed by atoms with van der Waals surface area (Å²) in [6.07, 6.45) is -1.11. The summed E-state index contributed by atoms with van der Waals surface area (Å²) in [5.41, 5.74) is 6.69. The summed E-state index contributed by atoms with van der Waals surface area (Å²) >= 11 is 0. The molecule has 7 heteroatoms. The quantitative estimate of drug-likeness (QED) is 0.454. The third kappa shape index (κ3) is 6.17. The lowest BCUT2D eigenvalue weighted by molar-refractivity contribution is -0.156. The van der Waals surface area contributed by atoms with Crippen LogP contribution in [0.3, 0.4) is 0 Å². The van der Waals surface area contributed by atoms with E-state index in [1.165, 1.54) is 6.92 Å². The van der Waals surface area contributed by atoms with Gasteiger partial charge in [-0.1, -0.05) is 66.7 Å². The van der Waals surface area contributed by atoms with Gasteiger partial charge in [-0.3, -0.25) is 20.4 Å². The second-order valence-electron chi connectivity index (χ2n) is 6.59. The number of benzene rings is 3. The van der Waals surface area contributed by atoms with E-state index < -0.39 is 23.9 Å². The highest BCUT2D eigenvalue weighted by molar-refractivity contribution is 5.95. The molecule has 0 saturated heterocycles.